The zero-order valence-electron chi connectivity index (χ0n) is 15.6. The van der Waals surface area contributed by atoms with Crippen molar-refractivity contribution in [3.8, 4) is 0 Å². The van der Waals surface area contributed by atoms with Crippen molar-refractivity contribution < 1.29 is 9.90 Å². The molecular formula is C24H25NO2. The molecule has 0 saturated carbocycles. The van der Waals surface area contributed by atoms with Crippen LogP contribution in [0.3, 0.4) is 0 Å². The first kappa shape index (κ1) is 18.9. The van der Waals surface area contributed by atoms with Crippen LogP contribution in [0.1, 0.15) is 23.6 Å². The maximum Gasteiger partial charge on any atom is 0.315 e. The van der Waals surface area contributed by atoms with Gasteiger partial charge < -0.3 is 5.11 Å². The third kappa shape index (κ3) is 4.83. The lowest BCUT2D eigenvalue weighted by molar-refractivity contribution is -0.144. The number of hydrogen-bond acceptors (Lipinski definition) is 2. The molecule has 3 aromatic rings. The van der Waals surface area contributed by atoms with Crippen molar-refractivity contribution in [1.29, 1.82) is 0 Å². The van der Waals surface area contributed by atoms with Crippen LogP contribution in [0.4, 0.5) is 0 Å². The van der Waals surface area contributed by atoms with Gasteiger partial charge in [-0.15, -0.1) is 0 Å². The van der Waals surface area contributed by atoms with E-state index >= 15 is 0 Å². The number of carbonyl (C=O) groups is 1. The molecule has 0 radical (unpaired) electrons. The second-order valence-corrected chi connectivity index (χ2v) is 7.12. The molecule has 27 heavy (non-hydrogen) atoms. The van der Waals surface area contributed by atoms with E-state index in [0.717, 1.165) is 5.56 Å². The molecule has 1 unspecified atom stereocenters. The number of aliphatic carboxylic acids is 1. The van der Waals surface area contributed by atoms with Gasteiger partial charge in [0.25, 0.3) is 0 Å². The van der Waals surface area contributed by atoms with Crippen molar-refractivity contribution in [1.82, 2.24) is 4.90 Å². The van der Waals surface area contributed by atoms with Crippen molar-refractivity contribution in [3.05, 3.63) is 108 Å². The van der Waals surface area contributed by atoms with E-state index in [4.69, 9.17) is 0 Å². The lowest BCUT2D eigenvalue weighted by Gasteiger charge is -2.33. The first-order valence-electron chi connectivity index (χ1n) is 9.17. The highest BCUT2D eigenvalue weighted by atomic mass is 16.4. The predicted molar refractivity (Wildman–Crippen MR) is 108 cm³/mol. The zero-order valence-corrected chi connectivity index (χ0v) is 15.6. The Kier molecular flexibility index (Phi) is 6.05. The van der Waals surface area contributed by atoms with E-state index < -0.39 is 11.4 Å². The summed E-state index contributed by atoms with van der Waals surface area (Å²) in [6.45, 7) is 3.64. The Hall–Kier alpha value is -2.91. The summed E-state index contributed by atoms with van der Waals surface area (Å²) >= 11 is 0. The Bertz CT molecular complexity index is 808. The molecule has 0 aromatic heterocycles. The van der Waals surface area contributed by atoms with Gasteiger partial charge in [0.1, 0.15) is 5.41 Å². The average molecular weight is 359 g/mol. The van der Waals surface area contributed by atoms with Crippen LogP contribution >= 0.6 is 0 Å². The Morgan fingerprint density at radius 2 is 1.19 bits per heavy atom. The van der Waals surface area contributed by atoms with E-state index in [2.05, 4.69) is 29.2 Å². The minimum absolute atomic E-state index is 0.427. The molecule has 3 nitrogen and oxygen atoms in total. The van der Waals surface area contributed by atoms with Crippen molar-refractivity contribution in [2.24, 2.45) is 0 Å². The topological polar surface area (TPSA) is 40.5 Å². The van der Waals surface area contributed by atoms with Gasteiger partial charge in [-0.2, -0.15) is 0 Å². The van der Waals surface area contributed by atoms with E-state index in [-0.39, 0.29) is 0 Å². The van der Waals surface area contributed by atoms with Crippen LogP contribution in [-0.4, -0.2) is 22.5 Å². The maximum atomic E-state index is 12.2. The third-order valence-electron chi connectivity index (χ3n) is 4.92. The van der Waals surface area contributed by atoms with Gasteiger partial charge in [-0.05, 0) is 23.6 Å². The normalized spacial score (nSPS) is 13.3. The number of hydrogen-bond donors (Lipinski definition) is 1. The van der Waals surface area contributed by atoms with Gasteiger partial charge in [-0.1, -0.05) is 91.0 Å². The molecule has 0 bridgehead atoms. The number of carboxylic acids is 1. The lowest BCUT2D eigenvalue weighted by Crippen LogP contribution is -2.44. The van der Waals surface area contributed by atoms with Crippen molar-refractivity contribution in [2.45, 2.75) is 25.4 Å². The fraction of sp³-hybridized carbons (Fsp3) is 0.208. The van der Waals surface area contributed by atoms with Crippen LogP contribution in [0.25, 0.3) is 0 Å². The van der Waals surface area contributed by atoms with Crippen molar-refractivity contribution in [3.63, 3.8) is 0 Å². The summed E-state index contributed by atoms with van der Waals surface area (Å²) in [5, 5.41) is 10.0. The first-order valence-corrected chi connectivity index (χ1v) is 9.17. The maximum absolute atomic E-state index is 12.2. The molecule has 1 N–H and O–H groups in total. The average Bonchev–Trinajstić information content (AvgIpc) is 2.70. The van der Waals surface area contributed by atoms with Gasteiger partial charge in [0.15, 0.2) is 0 Å². The fourth-order valence-electron chi connectivity index (χ4n) is 3.39. The molecule has 0 heterocycles. The molecule has 0 spiro atoms. The molecule has 3 rings (SSSR count). The van der Waals surface area contributed by atoms with Crippen LogP contribution in [0.2, 0.25) is 0 Å². The fourth-order valence-corrected chi connectivity index (χ4v) is 3.39. The van der Waals surface area contributed by atoms with E-state index in [9.17, 15) is 9.90 Å². The minimum atomic E-state index is -0.981. The Morgan fingerprint density at radius 3 is 1.59 bits per heavy atom. The molecule has 0 saturated heterocycles. The quantitative estimate of drug-likeness (QED) is 0.632. The van der Waals surface area contributed by atoms with Crippen molar-refractivity contribution in [2.75, 3.05) is 6.54 Å². The molecule has 0 fully saturated rings. The number of rotatable bonds is 8. The van der Waals surface area contributed by atoms with Gasteiger partial charge in [-0.3, -0.25) is 9.69 Å². The zero-order chi connectivity index (χ0) is 19.1. The molecule has 3 heteroatoms. The number of carboxylic acid groups (broad SMARTS) is 1. The van der Waals surface area contributed by atoms with Crippen molar-refractivity contribution >= 4 is 5.97 Å². The van der Waals surface area contributed by atoms with Gasteiger partial charge >= 0.3 is 5.97 Å². The molecule has 0 aliphatic rings. The Labute approximate surface area is 160 Å². The van der Waals surface area contributed by atoms with Gasteiger partial charge in [-0.25, -0.2) is 0 Å². The summed E-state index contributed by atoms with van der Waals surface area (Å²) in [6.07, 6.45) is 0. The standard InChI is InChI=1S/C24H25NO2/c1-24(23(26)27,22-15-9-4-10-16-22)19-25(17-20-11-5-2-6-12-20)18-21-13-7-3-8-14-21/h2-16H,17-19H2,1H3,(H,26,27). The minimum Gasteiger partial charge on any atom is -0.481 e. The molecule has 1 atom stereocenters. The number of benzene rings is 3. The molecule has 0 aliphatic carbocycles. The van der Waals surface area contributed by atoms with E-state index in [1.165, 1.54) is 11.1 Å². The Morgan fingerprint density at radius 1 is 0.778 bits per heavy atom. The number of nitrogens with zero attached hydrogens (tertiary/aromatic N) is 1. The summed E-state index contributed by atoms with van der Waals surface area (Å²) < 4.78 is 0. The van der Waals surface area contributed by atoms with Crippen LogP contribution in [-0.2, 0) is 23.3 Å². The van der Waals surface area contributed by atoms with Crippen LogP contribution in [0.5, 0.6) is 0 Å². The second kappa shape index (κ2) is 8.65. The monoisotopic (exact) mass is 359 g/mol. The van der Waals surface area contributed by atoms with E-state index in [0.29, 0.717) is 19.6 Å². The molecular weight excluding hydrogens is 334 g/mol. The molecule has 138 valence electrons. The smallest absolute Gasteiger partial charge is 0.315 e. The van der Waals surface area contributed by atoms with E-state index in [1.807, 2.05) is 73.7 Å². The summed E-state index contributed by atoms with van der Waals surface area (Å²) in [4.78, 5) is 14.4. The van der Waals surface area contributed by atoms with Crippen LogP contribution in [0.15, 0.2) is 91.0 Å². The van der Waals surface area contributed by atoms with Gasteiger partial charge in [0, 0.05) is 19.6 Å². The summed E-state index contributed by atoms with van der Waals surface area (Å²) in [6, 6.07) is 29.9. The van der Waals surface area contributed by atoms with Crippen LogP contribution in [0, 0.1) is 0 Å². The SMILES string of the molecule is CC(CN(Cc1ccccc1)Cc1ccccc1)(C(=O)O)c1ccccc1. The summed E-state index contributed by atoms with van der Waals surface area (Å²) in [5.41, 5.74) is 2.19. The first-order chi connectivity index (χ1) is 13.1. The lowest BCUT2D eigenvalue weighted by atomic mass is 9.81. The molecule has 0 amide bonds. The predicted octanol–water partition coefficient (Wildman–Crippen LogP) is 4.73. The highest BCUT2D eigenvalue weighted by molar-refractivity contribution is 5.81. The summed E-state index contributed by atoms with van der Waals surface area (Å²) in [5.74, 6) is -0.806. The largest absolute Gasteiger partial charge is 0.481 e. The highest BCUT2D eigenvalue weighted by Crippen LogP contribution is 2.27. The second-order valence-electron chi connectivity index (χ2n) is 7.12. The van der Waals surface area contributed by atoms with Gasteiger partial charge in [0.05, 0.1) is 0 Å². The molecule has 0 aliphatic heterocycles. The highest BCUT2D eigenvalue weighted by Gasteiger charge is 2.37. The third-order valence-corrected chi connectivity index (χ3v) is 4.92. The van der Waals surface area contributed by atoms with Crippen LogP contribution < -0.4 is 0 Å². The van der Waals surface area contributed by atoms with Gasteiger partial charge in [0.2, 0.25) is 0 Å². The Balaban J connectivity index is 1.89. The molecule has 3 aromatic carbocycles. The summed E-state index contributed by atoms with van der Waals surface area (Å²) in [7, 11) is 0. The van der Waals surface area contributed by atoms with E-state index in [1.54, 1.807) is 0 Å².